The van der Waals surface area contributed by atoms with Crippen molar-refractivity contribution in [3.8, 4) is 11.8 Å². The van der Waals surface area contributed by atoms with Crippen molar-refractivity contribution in [1.82, 2.24) is 14.8 Å². The normalized spacial score (nSPS) is 20.6. The maximum atomic E-state index is 16.2. The highest BCUT2D eigenvalue weighted by Gasteiger charge is 2.45. The molecule has 6 nitrogen and oxygen atoms in total. The minimum Gasteiger partial charge on any atom is -0.479 e. The molecule has 0 saturated heterocycles. The van der Waals surface area contributed by atoms with Crippen molar-refractivity contribution < 1.29 is 23.1 Å². The molecule has 0 amide bonds. The van der Waals surface area contributed by atoms with Gasteiger partial charge in [-0.1, -0.05) is 13.8 Å². The van der Waals surface area contributed by atoms with E-state index in [1.54, 1.807) is 18.2 Å². The molecule has 36 heavy (non-hydrogen) atoms. The van der Waals surface area contributed by atoms with E-state index in [1.807, 2.05) is 18.4 Å². The van der Waals surface area contributed by atoms with Crippen molar-refractivity contribution in [3.63, 3.8) is 0 Å². The van der Waals surface area contributed by atoms with Crippen LogP contribution in [0.1, 0.15) is 63.1 Å². The van der Waals surface area contributed by atoms with E-state index in [-0.39, 0.29) is 43.5 Å². The number of rotatable bonds is 5. The van der Waals surface area contributed by atoms with Crippen molar-refractivity contribution >= 4 is 27.8 Å². The Morgan fingerprint density at radius 3 is 2.56 bits per heavy atom. The minimum atomic E-state index is -2.32. The van der Waals surface area contributed by atoms with Gasteiger partial charge in [0.25, 0.3) is 0 Å². The number of nitrogens with one attached hydrogen (secondary N) is 1. The van der Waals surface area contributed by atoms with Crippen molar-refractivity contribution in [2.24, 2.45) is 0 Å². The zero-order valence-electron chi connectivity index (χ0n) is 19.9. The summed E-state index contributed by atoms with van der Waals surface area (Å²) in [5.41, 5.74) is -0.411. The van der Waals surface area contributed by atoms with Crippen molar-refractivity contribution in [1.29, 1.82) is 5.26 Å². The van der Waals surface area contributed by atoms with Crippen molar-refractivity contribution in [2.75, 3.05) is 0 Å². The first kappa shape index (κ1) is 23.9. The monoisotopic (exact) mass is 494 g/mol. The third-order valence-corrected chi connectivity index (χ3v) is 7.46. The molecule has 0 unspecified atom stereocenters. The Kier molecular flexibility index (Phi) is 5.58. The molecule has 2 N–H and O–H groups in total. The van der Waals surface area contributed by atoms with E-state index in [0.29, 0.717) is 33.2 Å². The zero-order valence-corrected chi connectivity index (χ0v) is 19.9. The predicted molar refractivity (Wildman–Crippen MR) is 129 cm³/mol. The molecule has 1 aliphatic carbocycles. The van der Waals surface area contributed by atoms with Crippen molar-refractivity contribution in [3.05, 3.63) is 59.4 Å². The van der Waals surface area contributed by atoms with Gasteiger partial charge in [-0.3, -0.25) is 5.10 Å². The molecule has 5 rings (SSSR count). The topological polar surface area (TPSA) is 94.7 Å². The predicted octanol–water partition coefficient (Wildman–Crippen LogP) is 6.43. The molecule has 2 aromatic heterocycles. The molecule has 1 saturated carbocycles. The maximum absolute atomic E-state index is 16.2. The number of carboxylic acids is 1. The highest BCUT2D eigenvalue weighted by Crippen LogP contribution is 2.49. The van der Waals surface area contributed by atoms with Gasteiger partial charge in [0.05, 0.1) is 17.8 Å². The summed E-state index contributed by atoms with van der Waals surface area (Å²) in [5, 5.41) is 26.6. The number of aliphatic carboxylic acids is 1. The number of halogens is 3. The van der Waals surface area contributed by atoms with Crippen LogP contribution in [0.25, 0.3) is 27.5 Å². The summed E-state index contributed by atoms with van der Waals surface area (Å²) in [4.78, 5) is 11.5. The van der Waals surface area contributed by atoms with Crippen LogP contribution in [-0.2, 0) is 10.2 Å². The van der Waals surface area contributed by atoms with E-state index in [1.165, 1.54) is 18.3 Å². The number of carboxylic acid groups (broad SMARTS) is 1. The van der Waals surface area contributed by atoms with Crippen molar-refractivity contribution in [2.45, 2.75) is 63.0 Å². The van der Waals surface area contributed by atoms with Gasteiger partial charge in [-0.15, -0.1) is 0 Å². The number of aromatic nitrogens is 3. The Labute approximate surface area is 205 Å². The summed E-state index contributed by atoms with van der Waals surface area (Å²) in [7, 11) is 0. The van der Waals surface area contributed by atoms with Gasteiger partial charge in [-0.05, 0) is 67.5 Å². The number of nitrogens with zero attached hydrogens (tertiary/aromatic N) is 3. The standard InChI is InChI=1S/C27H25F3N4O2/c1-26(2,11-12-31)24-20(15-7-9-27(30,10-8-15)25(35)36)21-19(13-16-14-32-33-23(16)22(21)29)34(24)18-5-3-17(28)4-6-18/h3-6,13-15H,7-11H2,1-2H3,(H,32,33)(H,35,36)/t15-,27+. The second-order valence-electron chi connectivity index (χ2n) is 10.3. The lowest BCUT2D eigenvalue weighted by Gasteiger charge is -2.34. The van der Waals surface area contributed by atoms with E-state index in [9.17, 15) is 23.9 Å². The van der Waals surface area contributed by atoms with Gasteiger partial charge < -0.3 is 9.67 Å². The highest BCUT2D eigenvalue weighted by atomic mass is 19.1. The number of nitriles is 1. The molecule has 9 heteroatoms. The van der Waals surface area contributed by atoms with E-state index >= 15 is 4.39 Å². The second-order valence-corrected chi connectivity index (χ2v) is 10.3. The fourth-order valence-corrected chi connectivity index (χ4v) is 5.61. The average Bonchev–Trinajstić information content (AvgIpc) is 3.44. The lowest BCUT2D eigenvalue weighted by atomic mass is 9.73. The average molecular weight is 495 g/mol. The molecule has 4 aromatic rings. The number of H-pyrrole nitrogens is 1. The van der Waals surface area contributed by atoms with Crippen LogP contribution in [0.2, 0.25) is 0 Å². The first-order valence-corrected chi connectivity index (χ1v) is 11.8. The summed E-state index contributed by atoms with van der Waals surface area (Å²) in [6, 6.07) is 9.85. The summed E-state index contributed by atoms with van der Waals surface area (Å²) in [6.45, 7) is 3.78. The second kappa shape index (κ2) is 8.40. The van der Waals surface area contributed by atoms with Crippen LogP contribution >= 0.6 is 0 Å². The van der Waals surface area contributed by atoms with Crippen LogP contribution in [0.3, 0.4) is 0 Å². The lowest BCUT2D eigenvalue weighted by Crippen LogP contribution is -2.37. The first-order valence-electron chi connectivity index (χ1n) is 11.8. The van der Waals surface area contributed by atoms with Crippen LogP contribution in [0.5, 0.6) is 0 Å². The minimum absolute atomic E-state index is 0.119. The third-order valence-electron chi connectivity index (χ3n) is 7.46. The Balaban J connectivity index is 1.86. The van der Waals surface area contributed by atoms with Gasteiger partial charge in [0, 0.05) is 34.0 Å². The molecule has 1 fully saturated rings. The largest absolute Gasteiger partial charge is 0.479 e. The number of alkyl halides is 1. The molecule has 0 aliphatic heterocycles. The van der Waals surface area contributed by atoms with Gasteiger partial charge in [0.15, 0.2) is 5.82 Å². The Morgan fingerprint density at radius 1 is 1.28 bits per heavy atom. The van der Waals surface area contributed by atoms with Crippen LogP contribution in [0.15, 0.2) is 36.5 Å². The molecule has 0 bridgehead atoms. The molecule has 1 aliphatic rings. The number of hydrogen-bond acceptors (Lipinski definition) is 3. The molecule has 0 atom stereocenters. The fourth-order valence-electron chi connectivity index (χ4n) is 5.61. The fraction of sp³-hybridized carbons (Fsp3) is 0.370. The number of aromatic amines is 1. The molecule has 0 radical (unpaired) electrons. The smallest absolute Gasteiger partial charge is 0.341 e. The van der Waals surface area contributed by atoms with Gasteiger partial charge in [0.1, 0.15) is 11.3 Å². The lowest BCUT2D eigenvalue weighted by molar-refractivity contribution is -0.153. The summed E-state index contributed by atoms with van der Waals surface area (Å²) < 4.78 is 46.8. The first-order chi connectivity index (χ1) is 17.1. The quantitative estimate of drug-likeness (QED) is 0.334. The summed E-state index contributed by atoms with van der Waals surface area (Å²) in [6.07, 6.45) is 1.67. The zero-order chi connectivity index (χ0) is 25.8. The van der Waals surface area contributed by atoms with E-state index in [0.717, 1.165) is 0 Å². The summed E-state index contributed by atoms with van der Waals surface area (Å²) >= 11 is 0. The maximum Gasteiger partial charge on any atom is 0.341 e. The van der Waals surface area contributed by atoms with Gasteiger partial charge in [0.2, 0.25) is 5.67 Å². The Bertz CT molecular complexity index is 1520. The van der Waals surface area contributed by atoms with E-state index in [2.05, 4.69) is 16.3 Å². The molecule has 0 spiro atoms. The number of fused-ring (bicyclic) bond motifs is 2. The Morgan fingerprint density at radius 2 is 1.94 bits per heavy atom. The van der Waals surface area contributed by atoms with Crippen LogP contribution in [0, 0.1) is 23.0 Å². The van der Waals surface area contributed by atoms with E-state index < -0.39 is 28.7 Å². The van der Waals surface area contributed by atoms with E-state index in [4.69, 9.17) is 0 Å². The van der Waals surface area contributed by atoms with Crippen LogP contribution < -0.4 is 0 Å². The Hall–Kier alpha value is -3.80. The number of hydrogen-bond donors (Lipinski definition) is 2. The van der Waals surface area contributed by atoms with Gasteiger partial charge in [-0.2, -0.15) is 10.4 Å². The SMILES string of the molecule is CC(C)(CC#N)c1c([C@H]2CC[C@](F)(C(=O)O)CC2)c2c(F)c3[nH]ncc3cc2n1-c1ccc(F)cc1. The third kappa shape index (κ3) is 3.63. The molecule has 186 valence electrons. The molecule has 2 heterocycles. The highest BCUT2D eigenvalue weighted by molar-refractivity contribution is 6.00. The van der Waals surface area contributed by atoms with Crippen LogP contribution in [0.4, 0.5) is 13.2 Å². The molecular formula is C27H25F3N4O2. The number of carbonyl (C=O) groups is 1. The summed E-state index contributed by atoms with van der Waals surface area (Å²) in [5.74, 6) is -2.75. The van der Waals surface area contributed by atoms with Gasteiger partial charge in [-0.25, -0.2) is 18.0 Å². The van der Waals surface area contributed by atoms with Gasteiger partial charge >= 0.3 is 5.97 Å². The molecule has 2 aromatic carbocycles. The molecular weight excluding hydrogens is 469 g/mol. The number of benzene rings is 2. The van der Waals surface area contributed by atoms with Crippen LogP contribution in [-0.4, -0.2) is 31.5 Å².